The first-order valence-corrected chi connectivity index (χ1v) is 3.48. The average Bonchev–Trinajstić information content (AvgIpc) is 1.88. The Labute approximate surface area is 94.3 Å². The molecule has 12 heavy (non-hydrogen) atoms. The van der Waals surface area contributed by atoms with Crippen molar-refractivity contribution in [3.63, 3.8) is 0 Å². The van der Waals surface area contributed by atoms with Crippen molar-refractivity contribution in [1.82, 2.24) is 0 Å². The number of halogens is 2. The van der Waals surface area contributed by atoms with Gasteiger partial charge in [0.25, 0.3) is 0 Å². The van der Waals surface area contributed by atoms with Crippen LogP contribution in [0.5, 0.6) is 0 Å². The lowest BCUT2D eigenvalue weighted by molar-refractivity contribution is -0.694. The van der Waals surface area contributed by atoms with Crippen LogP contribution in [0.25, 0.3) is 0 Å². The van der Waals surface area contributed by atoms with E-state index in [0.29, 0.717) is 6.54 Å². The fourth-order valence-corrected chi connectivity index (χ4v) is 0.941. The van der Waals surface area contributed by atoms with Gasteiger partial charge in [-0.15, -0.1) is 17.0 Å². The van der Waals surface area contributed by atoms with Crippen molar-refractivity contribution in [1.29, 1.82) is 0 Å². The van der Waals surface area contributed by atoms with Crippen LogP contribution in [0.2, 0.25) is 0 Å². The lowest BCUT2D eigenvalue weighted by atomic mass is 10.3. The molecule has 0 radical (unpaired) electrons. The van der Waals surface area contributed by atoms with Crippen LogP contribution in [0.15, 0.2) is 24.5 Å². The third kappa shape index (κ3) is 4.85. The molecule has 1 aromatic heterocycles. The van der Waals surface area contributed by atoms with Gasteiger partial charge in [-0.3, -0.25) is 0 Å². The highest BCUT2D eigenvalue weighted by molar-refractivity contribution is 8.93. The molecule has 0 atom stereocenters. The van der Waals surface area contributed by atoms with E-state index in [4.69, 9.17) is 5.73 Å². The van der Waals surface area contributed by atoms with Gasteiger partial charge in [-0.2, -0.15) is 0 Å². The van der Waals surface area contributed by atoms with Crippen molar-refractivity contribution in [3.05, 3.63) is 30.1 Å². The third-order valence-electron chi connectivity index (χ3n) is 1.39. The van der Waals surface area contributed by atoms with E-state index in [1.165, 1.54) is 5.56 Å². The van der Waals surface area contributed by atoms with Crippen molar-refractivity contribution in [2.75, 3.05) is 6.54 Å². The van der Waals surface area contributed by atoms with Crippen molar-refractivity contribution in [2.24, 2.45) is 5.73 Å². The highest BCUT2D eigenvalue weighted by Gasteiger charge is 1.95. The molecule has 0 aliphatic rings. The number of pyridine rings is 1. The summed E-state index contributed by atoms with van der Waals surface area (Å²) in [4.78, 5) is 0. The highest BCUT2D eigenvalue weighted by atomic mass is 79.9. The predicted octanol–water partition coefficient (Wildman–Crippen LogP) is -2.18. The maximum absolute atomic E-state index is 5.39. The van der Waals surface area contributed by atoms with Crippen molar-refractivity contribution >= 4 is 17.0 Å². The number of hydrogen-bond donors (Lipinski definition) is 1. The first-order valence-electron chi connectivity index (χ1n) is 3.48. The van der Waals surface area contributed by atoms with Gasteiger partial charge in [-0.05, 0) is 13.0 Å². The fourth-order valence-electron chi connectivity index (χ4n) is 0.941. The lowest BCUT2D eigenvalue weighted by Crippen LogP contribution is -3.00. The average molecular weight is 298 g/mol. The minimum absolute atomic E-state index is 0. The fraction of sp³-hybridized carbons (Fsp3) is 0.375. The SMILES string of the molecule is Br.Cc1ccc[n+](CCN)c1.[Br-]. The number of nitrogens with zero attached hydrogens (tertiary/aromatic N) is 1. The number of nitrogens with two attached hydrogens (primary N) is 1. The Hall–Kier alpha value is 0.0700. The van der Waals surface area contributed by atoms with Crippen molar-refractivity contribution < 1.29 is 21.5 Å². The molecule has 1 heterocycles. The topological polar surface area (TPSA) is 29.9 Å². The zero-order valence-corrected chi connectivity index (χ0v) is 10.3. The minimum atomic E-state index is 0. The number of rotatable bonds is 2. The smallest absolute Gasteiger partial charge is 0.171 e. The van der Waals surface area contributed by atoms with Gasteiger partial charge in [0.1, 0.15) is 0 Å². The van der Waals surface area contributed by atoms with Gasteiger partial charge >= 0.3 is 0 Å². The van der Waals surface area contributed by atoms with Crippen LogP contribution < -0.4 is 27.3 Å². The van der Waals surface area contributed by atoms with Crippen molar-refractivity contribution in [2.45, 2.75) is 13.5 Å². The van der Waals surface area contributed by atoms with E-state index in [1.807, 2.05) is 12.3 Å². The summed E-state index contributed by atoms with van der Waals surface area (Å²) in [5, 5.41) is 0. The maximum Gasteiger partial charge on any atom is 0.171 e. The van der Waals surface area contributed by atoms with Crippen molar-refractivity contribution in [3.8, 4) is 0 Å². The first-order chi connectivity index (χ1) is 4.83. The Morgan fingerprint density at radius 3 is 2.67 bits per heavy atom. The van der Waals surface area contributed by atoms with Crippen LogP contribution in [-0.2, 0) is 6.54 Å². The Bertz CT molecular complexity index is 216. The van der Waals surface area contributed by atoms with Gasteiger partial charge in [0.2, 0.25) is 0 Å². The van der Waals surface area contributed by atoms with E-state index >= 15 is 0 Å². The standard InChI is InChI=1S/C8H13N2.2BrH/c1-8-3-2-5-10(7-8)6-4-9;;/h2-3,5,7H,4,6,9H2,1H3;2*1H/q+1;;/p-1. The van der Waals surface area contributed by atoms with Crippen LogP contribution in [0, 0.1) is 6.92 Å². The van der Waals surface area contributed by atoms with E-state index in [1.54, 1.807) is 0 Å². The van der Waals surface area contributed by atoms with Gasteiger partial charge in [0, 0.05) is 11.6 Å². The molecule has 1 aromatic rings. The normalized spacial score (nSPS) is 8.17. The second-order valence-corrected chi connectivity index (χ2v) is 2.41. The largest absolute Gasteiger partial charge is 1.00 e. The second kappa shape index (κ2) is 7.71. The van der Waals surface area contributed by atoms with Crippen LogP contribution >= 0.6 is 17.0 Å². The van der Waals surface area contributed by atoms with E-state index in [2.05, 4.69) is 23.8 Å². The zero-order valence-electron chi connectivity index (χ0n) is 7.03. The molecular weight excluding hydrogens is 284 g/mol. The molecule has 0 aliphatic carbocycles. The van der Waals surface area contributed by atoms with E-state index in [0.717, 1.165) is 6.54 Å². The Morgan fingerprint density at radius 2 is 2.17 bits per heavy atom. The number of hydrogen-bond acceptors (Lipinski definition) is 1. The molecule has 0 bridgehead atoms. The molecule has 2 nitrogen and oxygen atoms in total. The van der Waals surface area contributed by atoms with Gasteiger partial charge in [-0.25, -0.2) is 4.57 Å². The van der Waals surface area contributed by atoms with Crippen LogP contribution in [0.3, 0.4) is 0 Å². The molecule has 0 saturated heterocycles. The van der Waals surface area contributed by atoms with Gasteiger partial charge < -0.3 is 22.7 Å². The Morgan fingerprint density at radius 1 is 1.50 bits per heavy atom. The Kier molecular flexibility index (Phi) is 9.37. The molecule has 0 aromatic carbocycles. The monoisotopic (exact) mass is 296 g/mol. The number of aryl methyl sites for hydroxylation is 1. The summed E-state index contributed by atoms with van der Waals surface area (Å²) in [7, 11) is 0. The molecule has 0 saturated carbocycles. The van der Waals surface area contributed by atoms with E-state index in [9.17, 15) is 0 Å². The molecule has 0 amide bonds. The van der Waals surface area contributed by atoms with E-state index in [-0.39, 0.29) is 34.0 Å². The summed E-state index contributed by atoms with van der Waals surface area (Å²) >= 11 is 0. The summed E-state index contributed by atoms with van der Waals surface area (Å²) < 4.78 is 2.09. The van der Waals surface area contributed by atoms with Gasteiger partial charge in [0.05, 0.1) is 6.54 Å². The minimum Gasteiger partial charge on any atom is -1.00 e. The molecule has 0 spiro atoms. The first kappa shape index (κ1) is 14.6. The third-order valence-corrected chi connectivity index (χ3v) is 1.39. The maximum atomic E-state index is 5.39. The second-order valence-electron chi connectivity index (χ2n) is 2.41. The van der Waals surface area contributed by atoms with E-state index < -0.39 is 0 Å². The van der Waals surface area contributed by atoms with Gasteiger partial charge in [0.15, 0.2) is 18.9 Å². The molecule has 0 unspecified atom stereocenters. The molecule has 4 heteroatoms. The quantitative estimate of drug-likeness (QED) is 0.619. The molecule has 0 aliphatic heterocycles. The summed E-state index contributed by atoms with van der Waals surface area (Å²) in [5.41, 5.74) is 6.66. The highest BCUT2D eigenvalue weighted by Crippen LogP contribution is 1.88. The van der Waals surface area contributed by atoms with Crippen LogP contribution in [0.4, 0.5) is 0 Å². The number of aromatic nitrogens is 1. The molecular formula is C8H14Br2N2. The van der Waals surface area contributed by atoms with Crippen LogP contribution in [0.1, 0.15) is 5.56 Å². The summed E-state index contributed by atoms with van der Waals surface area (Å²) in [6, 6.07) is 4.11. The Balaban J connectivity index is 0. The zero-order chi connectivity index (χ0) is 7.40. The van der Waals surface area contributed by atoms with Crippen LogP contribution in [-0.4, -0.2) is 6.54 Å². The lowest BCUT2D eigenvalue weighted by Gasteiger charge is -1.92. The molecule has 1 rings (SSSR count). The molecule has 2 N–H and O–H groups in total. The van der Waals surface area contributed by atoms with Gasteiger partial charge in [-0.1, -0.05) is 0 Å². The summed E-state index contributed by atoms with van der Waals surface area (Å²) in [6.45, 7) is 3.68. The summed E-state index contributed by atoms with van der Waals surface area (Å²) in [6.07, 6.45) is 4.12. The predicted molar refractivity (Wildman–Crippen MR) is 50.8 cm³/mol. The molecule has 70 valence electrons. The summed E-state index contributed by atoms with van der Waals surface area (Å²) in [5.74, 6) is 0. The molecule has 0 fully saturated rings.